The van der Waals surface area contributed by atoms with Crippen molar-refractivity contribution >= 4 is 28.7 Å². The normalized spacial score (nSPS) is 10.4. The quantitative estimate of drug-likeness (QED) is 0.782. The zero-order valence-corrected chi connectivity index (χ0v) is 11.8. The first-order valence-corrected chi connectivity index (χ1v) is 6.75. The predicted molar refractivity (Wildman–Crippen MR) is 75.1 cm³/mol. The van der Waals surface area contributed by atoms with E-state index in [0.717, 1.165) is 16.9 Å². The number of carbonyl (C=O) groups excluding carboxylic acids is 1. The second-order valence-corrected chi connectivity index (χ2v) is 5.73. The summed E-state index contributed by atoms with van der Waals surface area (Å²) in [5, 5.41) is 0. The van der Waals surface area contributed by atoms with Gasteiger partial charge in [0, 0.05) is 0 Å². The molecular formula is C14H13ClO2S. The van der Waals surface area contributed by atoms with Crippen LogP contribution in [0.3, 0.4) is 0 Å². The molecule has 2 aromatic rings. The van der Waals surface area contributed by atoms with Crippen molar-refractivity contribution < 1.29 is 9.53 Å². The topological polar surface area (TPSA) is 26.3 Å². The minimum Gasteiger partial charge on any atom is -0.485 e. The highest BCUT2D eigenvalue weighted by Gasteiger charge is 2.10. The number of carbonyl (C=O) groups is 1. The lowest BCUT2D eigenvalue weighted by Gasteiger charge is -2.09. The summed E-state index contributed by atoms with van der Waals surface area (Å²) in [5.74, 6) is 0.707. The molecule has 18 heavy (non-hydrogen) atoms. The van der Waals surface area contributed by atoms with Gasteiger partial charge in [-0.25, -0.2) is 0 Å². The van der Waals surface area contributed by atoms with Crippen LogP contribution in [0.5, 0.6) is 5.75 Å². The van der Waals surface area contributed by atoms with Crippen LogP contribution in [-0.4, -0.2) is 12.4 Å². The van der Waals surface area contributed by atoms with Crippen molar-refractivity contribution in [2.75, 3.05) is 6.61 Å². The molecule has 1 aromatic heterocycles. The fourth-order valence-electron chi connectivity index (χ4n) is 1.56. The smallest absolute Gasteiger partial charge is 0.210 e. The van der Waals surface area contributed by atoms with Gasteiger partial charge in [-0.2, -0.15) is 0 Å². The SMILES string of the molecule is Cc1cccc(OCC(=O)c2ccc(Cl)s2)c1C. The van der Waals surface area contributed by atoms with Crippen molar-refractivity contribution in [1.82, 2.24) is 0 Å². The number of ketones is 1. The number of aryl methyl sites for hydroxylation is 1. The second kappa shape index (κ2) is 5.55. The highest BCUT2D eigenvalue weighted by molar-refractivity contribution is 7.18. The third-order valence-electron chi connectivity index (χ3n) is 2.76. The third kappa shape index (κ3) is 2.92. The fraction of sp³-hybridized carbons (Fsp3) is 0.214. The molecule has 0 aliphatic carbocycles. The Bertz CT molecular complexity index is 575. The van der Waals surface area contributed by atoms with Crippen LogP contribution >= 0.6 is 22.9 Å². The van der Waals surface area contributed by atoms with E-state index in [4.69, 9.17) is 16.3 Å². The Hall–Kier alpha value is -1.32. The molecule has 1 aromatic carbocycles. The number of hydrogen-bond acceptors (Lipinski definition) is 3. The molecule has 0 N–H and O–H groups in total. The van der Waals surface area contributed by atoms with Crippen LogP contribution < -0.4 is 4.74 Å². The van der Waals surface area contributed by atoms with Crippen LogP contribution in [-0.2, 0) is 0 Å². The monoisotopic (exact) mass is 280 g/mol. The summed E-state index contributed by atoms with van der Waals surface area (Å²) >= 11 is 7.07. The van der Waals surface area contributed by atoms with Gasteiger partial charge in [-0.05, 0) is 43.2 Å². The van der Waals surface area contributed by atoms with Crippen LogP contribution in [0.25, 0.3) is 0 Å². The van der Waals surface area contributed by atoms with E-state index in [9.17, 15) is 4.79 Å². The second-order valence-electron chi connectivity index (χ2n) is 4.01. The minimum atomic E-state index is -0.0483. The third-order valence-corrected chi connectivity index (χ3v) is 4.03. The summed E-state index contributed by atoms with van der Waals surface area (Å²) < 4.78 is 6.17. The number of halogens is 1. The molecule has 0 bridgehead atoms. The van der Waals surface area contributed by atoms with Gasteiger partial charge in [0.05, 0.1) is 9.21 Å². The van der Waals surface area contributed by atoms with Crippen molar-refractivity contribution in [3.05, 3.63) is 50.7 Å². The lowest BCUT2D eigenvalue weighted by molar-refractivity contribution is 0.0925. The van der Waals surface area contributed by atoms with E-state index >= 15 is 0 Å². The highest BCUT2D eigenvalue weighted by atomic mass is 35.5. The molecule has 2 rings (SSSR count). The fourth-order valence-corrected chi connectivity index (χ4v) is 2.53. The number of rotatable bonds is 4. The van der Waals surface area contributed by atoms with Crippen LogP contribution in [0, 0.1) is 13.8 Å². The van der Waals surface area contributed by atoms with Gasteiger partial charge in [0.1, 0.15) is 5.75 Å². The molecule has 0 amide bonds. The van der Waals surface area contributed by atoms with Crippen LogP contribution in [0.2, 0.25) is 4.34 Å². The average molecular weight is 281 g/mol. The summed E-state index contributed by atoms with van der Waals surface area (Å²) in [4.78, 5) is 12.5. The van der Waals surface area contributed by atoms with Crippen LogP contribution in [0.1, 0.15) is 20.8 Å². The summed E-state index contributed by atoms with van der Waals surface area (Å²) in [7, 11) is 0. The summed E-state index contributed by atoms with van der Waals surface area (Å²) in [5.41, 5.74) is 2.22. The molecule has 0 radical (unpaired) electrons. The molecule has 0 unspecified atom stereocenters. The van der Waals surface area contributed by atoms with E-state index in [-0.39, 0.29) is 12.4 Å². The zero-order valence-electron chi connectivity index (χ0n) is 10.2. The standard InChI is InChI=1S/C14H13ClO2S/c1-9-4-3-5-12(10(9)2)17-8-11(16)13-6-7-14(15)18-13/h3-7H,8H2,1-2H3. The van der Waals surface area contributed by atoms with Crippen molar-refractivity contribution in [3.8, 4) is 5.75 Å². The van der Waals surface area contributed by atoms with Gasteiger partial charge < -0.3 is 4.74 Å². The van der Waals surface area contributed by atoms with E-state index < -0.39 is 0 Å². The maximum absolute atomic E-state index is 11.9. The van der Waals surface area contributed by atoms with E-state index in [0.29, 0.717) is 9.21 Å². The van der Waals surface area contributed by atoms with Gasteiger partial charge in [-0.15, -0.1) is 11.3 Å². The molecule has 0 aliphatic rings. The van der Waals surface area contributed by atoms with Gasteiger partial charge in [0.15, 0.2) is 6.61 Å². The van der Waals surface area contributed by atoms with Crippen molar-refractivity contribution in [2.24, 2.45) is 0 Å². The molecule has 0 atom stereocenters. The Morgan fingerprint density at radius 1 is 1.28 bits per heavy atom. The van der Waals surface area contributed by atoms with Crippen LogP contribution in [0.4, 0.5) is 0 Å². The molecule has 94 valence electrons. The Labute approximate surface area is 115 Å². The molecule has 0 spiro atoms. The van der Waals surface area contributed by atoms with Crippen molar-refractivity contribution in [1.29, 1.82) is 0 Å². The van der Waals surface area contributed by atoms with Gasteiger partial charge in [0.25, 0.3) is 0 Å². The van der Waals surface area contributed by atoms with Crippen molar-refractivity contribution in [2.45, 2.75) is 13.8 Å². The Morgan fingerprint density at radius 2 is 2.06 bits per heavy atom. The summed E-state index contributed by atoms with van der Waals surface area (Å²) in [6.07, 6.45) is 0. The van der Waals surface area contributed by atoms with Crippen molar-refractivity contribution in [3.63, 3.8) is 0 Å². The van der Waals surface area contributed by atoms with Gasteiger partial charge >= 0.3 is 0 Å². The maximum atomic E-state index is 11.9. The Kier molecular flexibility index (Phi) is 4.04. The summed E-state index contributed by atoms with van der Waals surface area (Å²) in [6.45, 7) is 4.04. The first kappa shape index (κ1) is 13.1. The molecule has 1 heterocycles. The largest absolute Gasteiger partial charge is 0.485 e. The molecule has 0 fully saturated rings. The molecule has 4 heteroatoms. The zero-order chi connectivity index (χ0) is 13.1. The number of ether oxygens (including phenoxy) is 1. The van der Waals surface area contributed by atoms with Gasteiger partial charge in [0.2, 0.25) is 5.78 Å². The lowest BCUT2D eigenvalue weighted by Crippen LogP contribution is -2.10. The van der Waals surface area contributed by atoms with E-state index in [1.54, 1.807) is 12.1 Å². The molecule has 0 aliphatic heterocycles. The molecule has 2 nitrogen and oxygen atoms in total. The van der Waals surface area contributed by atoms with Crippen LogP contribution in [0.15, 0.2) is 30.3 Å². The Morgan fingerprint density at radius 3 is 2.72 bits per heavy atom. The van der Waals surface area contributed by atoms with E-state index in [1.807, 2.05) is 32.0 Å². The summed E-state index contributed by atoms with van der Waals surface area (Å²) in [6, 6.07) is 9.25. The number of hydrogen-bond donors (Lipinski definition) is 0. The maximum Gasteiger partial charge on any atom is 0.210 e. The predicted octanol–water partition coefficient (Wildman–Crippen LogP) is 4.28. The molecular weight excluding hydrogens is 268 g/mol. The lowest BCUT2D eigenvalue weighted by atomic mass is 10.1. The number of thiophene rings is 1. The van der Waals surface area contributed by atoms with E-state index in [2.05, 4.69) is 0 Å². The molecule has 0 saturated carbocycles. The van der Waals surface area contributed by atoms with Gasteiger partial charge in [-0.3, -0.25) is 4.79 Å². The first-order chi connectivity index (χ1) is 8.58. The number of Topliss-reactive ketones (excluding diaryl/α,β-unsaturated/α-hetero) is 1. The molecule has 0 saturated heterocycles. The average Bonchev–Trinajstić information content (AvgIpc) is 2.77. The van der Waals surface area contributed by atoms with Gasteiger partial charge in [-0.1, -0.05) is 23.7 Å². The number of benzene rings is 1. The highest BCUT2D eigenvalue weighted by Crippen LogP contribution is 2.23. The Balaban J connectivity index is 2.04. The first-order valence-electron chi connectivity index (χ1n) is 5.55. The van der Waals surface area contributed by atoms with E-state index in [1.165, 1.54) is 11.3 Å². The minimum absolute atomic E-state index is 0.0428.